The zero-order valence-electron chi connectivity index (χ0n) is 10.1. The van der Waals surface area contributed by atoms with Crippen LogP contribution in [-0.4, -0.2) is 46.4 Å². The van der Waals surface area contributed by atoms with Crippen LogP contribution in [-0.2, 0) is 14.4 Å². The molecule has 1 aliphatic heterocycles. The second-order valence-corrected chi connectivity index (χ2v) is 4.18. The van der Waals surface area contributed by atoms with E-state index in [0.717, 1.165) is 6.42 Å². The first kappa shape index (κ1) is 13.5. The van der Waals surface area contributed by atoms with Crippen LogP contribution in [0.4, 0.5) is 0 Å². The van der Waals surface area contributed by atoms with Gasteiger partial charge in [-0.1, -0.05) is 6.92 Å². The summed E-state index contributed by atoms with van der Waals surface area (Å²) in [6.07, 6.45) is 1.72. The average molecular weight is 242 g/mol. The van der Waals surface area contributed by atoms with Crippen LogP contribution in [0.15, 0.2) is 0 Å². The van der Waals surface area contributed by atoms with Crippen molar-refractivity contribution in [1.82, 2.24) is 10.2 Å². The number of hydrogen-bond donors (Lipinski definition) is 2. The Balaban J connectivity index is 2.64. The summed E-state index contributed by atoms with van der Waals surface area (Å²) in [6, 6.07) is -1.49. The highest BCUT2D eigenvalue weighted by atomic mass is 16.4. The normalized spacial score (nSPS) is 18.9. The topological polar surface area (TPSA) is 86.7 Å². The maximum absolute atomic E-state index is 11.9. The lowest BCUT2D eigenvalue weighted by molar-refractivity contribution is -0.143. The molecule has 0 radical (unpaired) electrons. The van der Waals surface area contributed by atoms with E-state index in [9.17, 15) is 14.4 Å². The van der Waals surface area contributed by atoms with Gasteiger partial charge < -0.3 is 15.3 Å². The first-order valence-electron chi connectivity index (χ1n) is 5.80. The number of rotatable bonds is 5. The summed E-state index contributed by atoms with van der Waals surface area (Å²) in [5.41, 5.74) is 0. The van der Waals surface area contributed by atoms with Gasteiger partial charge in [-0.05, 0) is 19.8 Å². The Hall–Kier alpha value is -1.59. The summed E-state index contributed by atoms with van der Waals surface area (Å²) in [5, 5.41) is 11.1. The van der Waals surface area contributed by atoms with Gasteiger partial charge in [0, 0.05) is 13.0 Å². The van der Waals surface area contributed by atoms with Crippen LogP contribution in [0.2, 0.25) is 0 Å². The van der Waals surface area contributed by atoms with Crippen LogP contribution >= 0.6 is 0 Å². The Bertz CT molecular complexity index is 329. The maximum atomic E-state index is 11.9. The number of carbonyl (C=O) groups is 3. The summed E-state index contributed by atoms with van der Waals surface area (Å²) in [5.74, 6) is -1.51. The van der Waals surface area contributed by atoms with Crippen molar-refractivity contribution >= 4 is 17.8 Å². The van der Waals surface area contributed by atoms with Gasteiger partial charge in [-0.25, -0.2) is 0 Å². The van der Waals surface area contributed by atoms with Gasteiger partial charge >= 0.3 is 5.97 Å². The number of carboxylic acids is 1. The number of nitrogens with one attached hydrogen (secondary N) is 1. The molecule has 1 aliphatic rings. The van der Waals surface area contributed by atoms with Crippen LogP contribution in [0, 0.1) is 0 Å². The first-order valence-corrected chi connectivity index (χ1v) is 5.80. The summed E-state index contributed by atoms with van der Waals surface area (Å²) < 4.78 is 0. The molecule has 0 saturated carbocycles. The summed E-state index contributed by atoms with van der Waals surface area (Å²) >= 11 is 0. The number of amides is 2. The van der Waals surface area contributed by atoms with Crippen molar-refractivity contribution in [2.75, 3.05) is 6.54 Å². The van der Waals surface area contributed by atoms with Crippen molar-refractivity contribution in [2.45, 2.75) is 45.2 Å². The molecule has 2 N–H and O–H groups in total. The van der Waals surface area contributed by atoms with Crippen LogP contribution < -0.4 is 5.32 Å². The molecule has 1 saturated heterocycles. The van der Waals surface area contributed by atoms with E-state index < -0.39 is 24.0 Å². The number of hydrogen-bond acceptors (Lipinski definition) is 3. The monoisotopic (exact) mass is 242 g/mol. The number of aliphatic carboxylic acids is 1. The van der Waals surface area contributed by atoms with Crippen molar-refractivity contribution in [3.63, 3.8) is 0 Å². The molecule has 0 spiro atoms. The maximum Gasteiger partial charge on any atom is 0.325 e. The van der Waals surface area contributed by atoms with Gasteiger partial charge in [0.25, 0.3) is 0 Å². The number of carbonyl (C=O) groups excluding carboxylic acids is 2. The molecule has 17 heavy (non-hydrogen) atoms. The van der Waals surface area contributed by atoms with E-state index in [4.69, 9.17) is 5.11 Å². The summed E-state index contributed by atoms with van der Waals surface area (Å²) in [4.78, 5) is 35.5. The summed E-state index contributed by atoms with van der Waals surface area (Å²) in [7, 11) is 0. The molecule has 1 unspecified atom stereocenters. The van der Waals surface area contributed by atoms with E-state index in [2.05, 4.69) is 5.32 Å². The molecule has 0 aliphatic carbocycles. The fourth-order valence-electron chi connectivity index (χ4n) is 1.92. The lowest BCUT2D eigenvalue weighted by Crippen LogP contribution is -2.50. The Morgan fingerprint density at radius 3 is 2.59 bits per heavy atom. The molecule has 2 amide bonds. The van der Waals surface area contributed by atoms with Gasteiger partial charge in [-0.3, -0.25) is 14.4 Å². The lowest BCUT2D eigenvalue weighted by atomic mass is 10.1. The quantitative estimate of drug-likeness (QED) is 0.709. The minimum atomic E-state index is -1.08. The van der Waals surface area contributed by atoms with E-state index >= 15 is 0 Å². The van der Waals surface area contributed by atoms with E-state index in [1.807, 2.05) is 0 Å². The van der Waals surface area contributed by atoms with Crippen molar-refractivity contribution in [3.8, 4) is 0 Å². The third kappa shape index (κ3) is 3.18. The van der Waals surface area contributed by atoms with Gasteiger partial charge in [0.2, 0.25) is 11.8 Å². The van der Waals surface area contributed by atoms with E-state index in [1.54, 1.807) is 6.92 Å². The smallest absolute Gasteiger partial charge is 0.325 e. The molecule has 1 heterocycles. The highest BCUT2D eigenvalue weighted by Gasteiger charge is 2.32. The fraction of sp³-hybridized carbons (Fsp3) is 0.727. The zero-order valence-corrected chi connectivity index (χ0v) is 10.1. The molecule has 6 heteroatoms. The molecule has 2 atom stereocenters. The van der Waals surface area contributed by atoms with Crippen molar-refractivity contribution in [3.05, 3.63) is 0 Å². The number of carboxylic acid groups (broad SMARTS) is 1. The minimum Gasteiger partial charge on any atom is -0.480 e. The van der Waals surface area contributed by atoms with E-state index in [1.165, 1.54) is 11.8 Å². The van der Waals surface area contributed by atoms with Gasteiger partial charge in [-0.2, -0.15) is 0 Å². The summed E-state index contributed by atoms with van der Waals surface area (Å²) in [6.45, 7) is 3.78. The standard InChI is InChI=1S/C11H18N2O4/c1-3-8(13-6-4-5-9(13)14)10(15)12-7(2)11(16)17/h7-8H,3-6H2,1-2H3,(H,12,15)(H,16,17)/t7-,8?/m0/s1. The predicted molar refractivity (Wildman–Crippen MR) is 60.3 cm³/mol. The van der Waals surface area contributed by atoms with Gasteiger partial charge in [-0.15, -0.1) is 0 Å². The van der Waals surface area contributed by atoms with Crippen LogP contribution in [0.1, 0.15) is 33.1 Å². The predicted octanol–water partition coefficient (Wildman–Crippen LogP) is -0.0233. The zero-order chi connectivity index (χ0) is 13.0. The third-order valence-corrected chi connectivity index (χ3v) is 2.90. The van der Waals surface area contributed by atoms with E-state index in [-0.39, 0.29) is 5.91 Å². The molecular formula is C11H18N2O4. The van der Waals surface area contributed by atoms with Crippen LogP contribution in [0.25, 0.3) is 0 Å². The Labute approximate surface area is 100.0 Å². The molecule has 1 fully saturated rings. The highest BCUT2D eigenvalue weighted by molar-refractivity contribution is 5.90. The average Bonchev–Trinajstić information content (AvgIpc) is 2.66. The van der Waals surface area contributed by atoms with Crippen molar-refractivity contribution < 1.29 is 19.5 Å². The number of nitrogens with zero attached hydrogens (tertiary/aromatic N) is 1. The van der Waals surface area contributed by atoms with Crippen molar-refractivity contribution in [1.29, 1.82) is 0 Å². The second-order valence-electron chi connectivity index (χ2n) is 4.18. The van der Waals surface area contributed by atoms with Gasteiger partial charge in [0.1, 0.15) is 12.1 Å². The molecule has 6 nitrogen and oxygen atoms in total. The molecule has 1 rings (SSSR count). The SMILES string of the molecule is CCC(C(=O)N[C@@H](C)C(=O)O)N1CCCC1=O. The molecule has 96 valence electrons. The number of likely N-dealkylation sites (tertiary alicyclic amines) is 1. The Morgan fingerprint density at radius 1 is 1.53 bits per heavy atom. The highest BCUT2D eigenvalue weighted by Crippen LogP contribution is 2.15. The third-order valence-electron chi connectivity index (χ3n) is 2.90. The first-order chi connectivity index (χ1) is 7.97. The van der Waals surface area contributed by atoms with Crippen LogP contribution in [0.3, 0.4) is 0 Å². The fourth-order valence-corrected chi connectivity index (χ4v) is 1.92. The second kappa shape index (κ2) is 5.65. The Morgan fingerprint density at radius 2 is 2.18 bits per heavy atom. The van der Waals surface area contributed by atoms with Gasteiger partial charge in [0.15, 0.2) is 0 Å². The van der Waals surface area contributed by atoms with Gasteiger partial charge in [0.05, 0.1) is 0 Å². The molecular weight excluding hydrogens is 224 g/mol. The minimum absolute atomic E-state index is 0.0324. The molecule has 0 aromatic rings. The molecule has 0 aromatic heterocycles. The van der Waals surface area contributed by atoms with Crippen LogP contribution in [0.5, 0.6) is 0 Å². The molecule has 0 bridgehead atoms. The lowest BCUT2D eigenvalue weighted by Gasteiger charge is -2.26. The largest absolute Gasteiger partial charge is 0.480 e. The van der Waals surface area contributed by atoms with E-state index in [0.29, 0.717) is 19.4 Å². The molecule has 0 aromatic carbocycles. The van der Waals surface area contributed by atoms with Crippen molar-refractivity contribution in [2.24, 2.45) is 0 Å². The Kier molecular flexibility index (Phi) is 4.48.